The minimum Gasteiger partial charge on any atom is -0.465 e. The van der Waals surface area contributed by atoms with Crippen LogP contribution >= 0.6 is 35.4 Å². The Morgan fingerprint density at radius 2 is 1.94 bits per heavy atom. The van der Waals surface area contributed by atoms with Crippen LogP contribution in [0.3, 0.4) is 0 Å². The van der Waals surface area contributed by atoms with E-state index in [0.717, 1.165) is 5.57 Å². The lowest BCUT2D eigenvalue weighted by molar-refractivity contribution is -0.144. The first-order chi connectivity index (χ1) is 7.95. The van der Waals surface area contributed by atoms with Gasteiger partial charge in [0, 0.05) is 4.86 Å². The lowest BCUT2D eigenvalue weighted by Crippen LogP contribution is -2.30. The van der Waals surface area contributed by atoms with Gasteiger partial charge in [-0.2, -0.15) is 0 Å². The lowest BCUT2D eigenvalue weighted by Gasteiger charge is -2.26. The maximum atomic E-state index is 11.9. The third-order valence-corrected chi connectivity index (χ3v) is 4.23. The highest BCUT2D eigenvalue weighted by molar-refractivity contribution is 7.81. The standard InChI is InChI=1S/C12H14Cl2O2S/c1-4-7-8(12(15)16-5-2)11(17)6(3)9(13)10(7)14/h8H,4-5H2,1-3H3. The summed E-state index contributed by atoms with van der Waals surface area (Å²) in [7, 11) is 0. The second-order valence-electron chi connectivity index (χ2n) is 3.68. The number of halogens is 2. The minimum atomic E-state index is -0.565. The van der Waals surface area contributed by atoms with Crippen molar-refractivity contribution in [3.05, 3.63) is 21.2 Å². The first-order valence-corrected chi connectivity index (χ1v) is 6.58. The first kappa shape index (κ1) is 14.7. The van der Waals surface area contributed by atoms with E-state index in [-0.39, 0.29) is 5.97 Å². The highest BCUT2D eigenvalue weighted by atomic mass is 35.5. The van der Waals surface area contributed by atoms with Crippen LogP contribution in [0.5, 0.6) is 0 Å². The average Bonchev–Trinajstić information content (AvgIpc) is 2.31. The molecule has 17 heavy (non-hydrogen) atoms. The van der Waals surface area contributed by atoms with Gasteiger partial charge in [-0.25, -0.2) is 0 Å². The lowest BCUT2D eigenvalue weighted by atomic mass is 9.85. The Hall–Kier alpha value is -0.380. The number of rotatable bonds is 3. The summed E-state index contributed by atoms with van der Waals surface area (Å²) in [5.74, 6) is -0.916. The van der Waals surface area contributed by atoms with Crippen LogP contribution in [-0.4, -0.2) is 17.4 Å². The maximum absolute atomic E-state index is 11.9. The van der Waals surface area contributed by atoms with Gasteiger partial charge in [-0.1, -0.05) is 42.3 Å². The van der Waals surface area contributed by atoms with Gasteiger partial charge in [-0.3, -0.25) is 4.79 Å². The average molecular weight is 293 g/mol. The van der Waals surface area contributed by atoms with Crippen molar-refractivity contribution < 1.29 is 9.53 Å². The van der Waals surface area contributed by atoms with Crippen LogP contribution in [0.25, 0.3) is 0 Å². The van der Waals surface area contributed by atoms with Gasteiger partial charge < -0.3 is 4.74 Å². The van der Waals surface area contributed by atoms with Crippen molar-refractivity contribution in [2.75, 3.05) is 6.61 Å². The Bertz CT molecular complexity index is 424. The zero-order valence-corrected chi connectivity index (χ0v) is 12.3. The second-order valence-corrected chi connectivity index (χ2v) is 4.88. The number of ether oxygens (including phenoxy) is 1. The third kappa shape index (κ3) is 2.72. The number of hydrogen-bond donors (Lipinski definition) is 0. The Kier molecular flexibility index (Phi) is 5.17. The van der Waals surface area contributed by atoms with E-state index in [1.807, 2.05) is 6.92 Å². The number of carbonyl (C=O) groups is 1. The third-order valence-electron chi connectivity index (χ3n) is 2.69. The van der Waals surface area contributed by atoms with E-state index in [9.17, 15) is 4.79 Å². The Morgan fingerprint density at radius 1 is 1.35 bits per heavy atom. The molecular formula is C12H14Cl2O2S. The van der Waals surface area contributed by atoms with E-state index in [0.29, 0.717) is 33.5 Å². The molecule has 0 aromatic rings. The molecule has 0 amide bonds. The quantitative estimate of drug-likeness (QED) is 0.582. The van der Waals surface area contributed by atoms with E-state index in [4.69, 9.17) is 40.2 Å². The Labute approximate surface area is 117 Å². The zero-order chi connectivity index (χ0) is 13.2. The Balaban J connectivity index is 3.24. The molecule has 0 saturated heterocycles. The van der Waals surface area contributed by atoms with Crippen molar-refractivity contribution >= 4 is 46.3 Å². The summed E-state index contributed by atoms with van der Waals surface area (Å²) >= 11 is 17.5. The zero-order valence-electron chi connectivity index (χ0n) is 9.97. The van der Waals surface area contributed by atoms with Crippen molar-refractivity contribution in [3.8, 4) is 0 Å². The molecule has 1 aliphatic carbocycles. The van der Waals surface area contributed by atoms with Crippen LogP contribution in [0.4, 0.5) is 0 Å². The van der Waals surface area contributed by atoms with Crippen molar-refractivity contribution in [2.45, 2.75) is 27.2 Å². The molecule has 1 aliphatic rings. The molecule has 5 heteroatoms. The van der Waals surface area contributed by atoms with Gasteiger partial charge in [-0.15, -0.1) is 0 Å². The molecule has 1 rings (SSSR count). The van der Waals surface area contributed by atoms with Gasteiger partial charge in [0.2, 0.25) is 0 Å². The molecule has 0 fully saturated rings. The summed E-state index contributed by atoms with van der Waals surface area (Å²) in [6.45, 7) is 5.77. The highest BCUT2D eigenvalue weighted by Gasteiger charge is 2.35. The van der Waals surface area contributed by atoms with Crippen molar-refractivity contribution in [3.63, 3.8) is 0 Å². The summed E-state index contributed by atoms with van der Waals surface area (Å²) in [4.78, 5) is 12.4. The van der Waals surface area contributed by atoms with Crippen LogP contribution in [0.15, 0.2) is 21.2 Å². The predicted octanol–water partition coefficient (Wildman–Crippen LogP) is 3.96. The van der Waals surface area contributed by atoms with Gasteiger partial charge >= 0.3 is 5.97 Å². The molecule has 1 atom stereocenters. The molecule has 1 unspecified atom stereocenters. The number of esters is 1. The van der Waals surface area contributed by atoms with Crippen LogP contribution < -0.4 is 0 Å². The van der Waals surface area contributed by atoms with Gasteiger partial charge in [0.15, 0.2) is 0 Å². The molecule has 0 aromatic heterocycles. The number of allylic oxidation sites excluding steroid dienone is 3. The molecule has 0 aromatic carbocycles. The molecule has 0 radical (unpaired) electrons. The molecular weight excluding hydrogens is 279 g/mol. The van der Waals surface area contributed by atoms with E-state index in [1.54, 1.807) is 13.8 Å². The number of hydrogen-bond acceptors (Lipinski definition) is 3. The SMILES string of the molecule is CCOC(=O)C1C(=S)C(C)=C(Cl)C(Cl)=C1CC. The van der Waals surface area contributed by atoms with Crippen LogP contribution in [0.2, 0.25) is 0 Å². The topological polar surface area (TPSA) is 26.3 Å². The number of thiocarbonyl (C=S) groups is 1. The summed E-state index contributed by atoms with van der Waals surface area (Å²) in [6.07, 6.45) is 0.617. The van der Waals surface area contributed by atoms with Crippen LogP contribution in [-0.2, 0) is 9.53 Å². The molecule has 0 bridgehead atoms. The van der Waals surface area contributed by atoms with E-state index < -0.39 is 5.92 Å². The summed E-state index contributed by atoms with van der Waals surface area (Å²) in [6, 6.07) is 0. The molecule has 2 nitrogen and oxygen atoms in total. The minimum absolute atomic E-state index is 0.322. The monoisotopic (exact) mass is 292 g/mol. The second kappa shape index (κ2) is 5.98. The molecule has 0 heterocycles. The smallest absolute Gasteiger partial charge is 0.318 e. The molecule has 0 aliphatic heterocycles. The summed E-state index contributed by atoms with van der Waals surface area (Å²) in [5, 5.41) is 0.868. The van der Waals surface area contributed by atoms with Crippen LogP contribution in [0, 0.1) is 5.92 Å². The first-order valence-electron chi connectivity index (χ1n) is 5.41. The largest absolute Gasteiger partial charge is 0.465 e. The van der Waals surface area contributed by atoms with Gasteiger partial charge in [0.1, 0.15) is 5.92 Å². The highest BCUT2D eigenvalue weighted by Crippen LogP contribution is 2.39. The van der Waals surface area contributed by atoms with Gasteiger partial charge in [0.05, 0.1) is 16.7 Å². The fraction of sp³-hybridized carbons (Fsp3) is 0.500. The van der Waals surface area contributed by atoms with E-state index >= 15 is 0 Å². The maximum Gasteiger partial charge on any atom is 0.318 e. The fourth-order valence-corrected chi connectivity index (χ4v) is 2.75. The normalized spacial score (nSPS) is 21.0. The van der Waals surface area contributed by atoms with Crippen LogP contribution in [0.1, 0.15) is 27.2 Å². The molecule has 0 N–H and O–H groups in total. The van der Waals surface area contributed by atoms with Gasteiger partial charge in [0.25, 0.3) is 0 Å². The van der Waals surface area contributed by atoms with Crippen molar-refractivity contribution in [2.24, 2.45) is 5.92 Å². The number of carbonyl (C=O) groups excluding carboxylic acids is 1. The van der Waals surface area contributed by atoms with E-state index in [2.05, 4.69) is 0 Å². The van der Waals surface area contributed by atoms with Crippen molar-refractivity contribution in [1.82, 2.24) is 0 Å². The molecule has 0 spiro atoms. The molecule has 0 saturated carbocycles. The van der Waals surface area contributed by atoms with Gasteiger partial charge in [-0.05, 0) is 31.4 Å². The van der Waals surface area contributed by atoms with E-state index in [1.165, 1.54) is 0 Å². The summed E-state index contributed by atoms with van der Waals surface area (Å²) < 4.78 is 5.03. The van der Waals surface area contributed by atoms with Crippen molar-refractivity contribution in [1.29, 1.82) is 0 Å². The Morgan fingerprint density at radius 3 is 2.41 bits per heavy atom. The molecule has 94 valence electrons. The fourth-order valence-electron chi connectivity index (χ4n) is 1.75. The predicted molar refractivity (Wildman–Crippen MR) is 74.4 cm³/mol. The summed E-state index contributed by atoms with van der Waals surface area (Å²) in [5.41, 5.74) is 1.42.